The molecule has 1 atom stereocenters. The molecule has 4 aromatic rings. The van der Waals surface area contributed by atoms with Crippen molar-refractivity contribution in [3.63, 3.8) is 0 Å². The van der Waals surface area contributed by atoms with Gasteiger partial charge in [-0.1, -0.05) is 12.1 Å². The maximum atomic E-state index is 13.2. The Morgan fingerprint density at radius 3 is 2.81 bits per heavy atom. The molecule has 1 aliphatic rings. The van der Waals surface area contributed by atoms with Crippen molar-refractivity contribution in [3.8, 4) is 11.1 Å². The number of halogens is 1. The fourth-order valence-corrected chi connectivity index (χ4v) is 3.37. The van der Waals surface area contributed by atoms with E-state index in [1.54, 1.807) is 18.3 Å². The zero-order valence-corrected chi connectivity index (χ0v) is 14.2. The minimum Gasteiger partial charge on any atom is -0.376 e. The van der Waals surface area contributed by atoms with E-state index in [4.69, 9.17) is 4.74 Å². The second kappa shape index (κ2) is 6.20. The van der Waals surface area contributed by atoms with Crippen LogP contribution in [0.1, 0.15) is 12.8 Å². The van der Waals surface area contributed by atoms with Crippen molar-refractivity contribution in [2.24, 2.45) is 0 Å². The number of nitrogens with zero attached hydrogens (tertiary/aromatic N) is 6. The average Bonchev–Trinajstić information content (AvgIpc) is 3.34. The molecule has 0 radical (unpaired) electrons. The molecule has 0 bridgehead atoms. The quantitative estimate of drug-likeness (QED) is 0.550. The second-order valence-electron chi connectivity index (χ2n) is 6.51. The van der Waals surface area contributed by atoms with Gasteiger partial charge in [0.1, 0.15) is 12.1 Å². The molecule has 0 N–H and O–H groups in total. The second-order valence-corrected chi connectivity index (χ2v) is 6.51. The summed E-state index contributed by atoms with van der Waals surface area (Å²) >= 11 is 0. The molecule has 1 fully saturated rings. The maximum absolute atomic E-state index is 13.2. The molecule has 8 nitrogen and oxygen atoms in total. The van der Waals surface area contributed by atoms with E-state index in [2.05, 4.69) is 20.3 Å². The molecule has 1 aliphatic heterocycles. The third kappa shape index (κ3) is 2.67. The lowest BCUT2D eigenvalue weighted by atomic mass is 10.1. The zero-order chi connectivity index (χ0) is 18.4. The SMILES string of the molecule is O=c1c2nnc3c(-c4ccc(F)cc4)cnn3c2ncn1CC1CCCO1. The largest absolute Gasteiger partial charge is 0.376 e. The number of hydrogen-bond donors (Lipinski definition) is 0. The van der Waals surface area contributed by atoms with Crippen molar-refractivity contribution in [3.05, 3.63) is 53.0 Å². The molecule has 1 aromatic carbocycles. The first-order valence-corrected chi connectivity index (χ1v) is 8.68. The van der Waals surface area contributed by atoms with Crippen LogP contribution in [0.4, 0.5) is 4.39 Å². The van der Waals surface area contributed by atoms with Crippen molar-refractivity contribution in [2.45, 2.75) is 25.5 Å². The van der Waals surface area contributed by atoms with E-state index >= 15 is 0 Å². The van der Waals surface area contributed by atoms with Crippen molar-refractivity contribution in [1.82, 2.24) is 29.4 Å². The number of aromatic nitrogens is 6. The Kier molecular flexibility index (Phi) is 3.68. The average molecular weight is 366 g/mol. The highest BCUT2D eigenvalue weighted by atomic mass is 19.1. The van der Waals surface area contributed by atoms with Crippen LogP contribution < -0.4 is 5.56 Å². The lowest BCUT2D eigenvalue weighted by Gasteiger charge is -2.11. The van der Waals surface area contributed by atoms with Gasteiger partial charge in [-0.3, -0.25) is 9.36 Å². The number of hydrogen-bond acceptors (Lipinski definition) is 6. The summed E-state index contributed by atoms with van der Waals surface area (Å²) in [6.07, 6.45) is 5.05. The Morgan fingerprint density at radius 1 is 1.19 bits per heavy atom. The molecule has 1 unspecified atom stereocenters. The highest BCUT2D eigenvalue weighted by molar-refractivity contribution is 5.80. The Balaban J connectivity index is 1.62. The number of fused-ring (bicyclic) bond motifs is 3. The van der Waals surface area contributed by atoms with E-state index in [1.165, 1.54) is 27.5 Å². The standard InChI is InChI=1S/C18H15FN6O2/c19-12-5-3-11(4-6-12)14-8-21-25-16(14)23-22-15-17(25)20-10-24(18(15)26)9-13-2-1-7-27-13/h3-6,8,10,13H,1-2,7,9H2. The molecule has 0 spiro atoms. The first-order valence-electron chi connectivity index (χ1n) is 8.68. The van der Waals surface area contributed by atoms with Gasteiger partial charge >= 0.3 is 0 Å². The molecule has 5 rings (SSSR count). The molecule has 9 heteroatoms. The topological polar surface area (TPSA) is 87.2 Å². The van der Waals surface area contributed by atoms with Gasteiger partial charge in [-0.15, -0.1) is 10.2 Å². The van der Waals surface area contributed by atoms with Crippen LogP contribution in [0.3, 0.4) is 0 Å². The predicted octanol–water partition coefficient (Wildman–Crippen LogP) is 1.82. The van der Waals surface area contributed by atoms with E-state index in [1.807, 2.05) is 0 Å². The highest BCUT2D eigenvalue weighted by Gasteiger charge is 2.19. The number of ether oxygens (including phenoxy) is 1. The van der Waals surface area contributed by atoms with Gasteiger partial charge in [-0.2, -0.15) is 9.61 Å². The fourth-order valence-electron chi connectivity index (χ4n) is 3.37. The summed E-state index contributed by atoms with van der Waals surface area (Å²) in [6.45, 7) is 1.17. The van der Waals surface area contributed by atoms with Gasteiger partial charge in [0.15, 0.2) is 16.8 Å². The van der Waals surface area contributed by atoms with Crippen molar-refractivity contribution < 1.29 is 9.13 Å². The van der Waals surface area contributed by atoms with E-state index in [0.717, 1.165) is 25.0 Å². The van der Waals surface area contributed by atoms with E-state index in [0.29, 0.717) is 23.4 Å². The van der Waals surface area contributed by atoms with Crippen molar-refractivity contribution in [1.29, 1.82) is 0 Å². The summed E-state index contributed by atoms with van der Waals surface area (Å²) in [5.74, 6) is -0.319. The molecular formula is C18H15FN6O2. The van der Waals surface area contributed by atoms with Crippen molar-refractivity contribution >= 4 is 16.8 Å². The van der Waals surface area contributed by atoms with Crippen LogP contribution in [-0.4, -0.2) is 42.1 Å². The van der Waals surface area contributed by atoms with Gasteiger partial charge in [0.05, 0.1) is 18.8 Å². The molecule has 0 amide bonds. The third-order valence-corrected chi connectivity index (χ3v) is 4.76. The van der Waals surface area contributed by atoms with E-state index in [-0.39, 0.29) is 23.0 Å². The highest BCUT2D eigenvalue weighted by Crippen LogP contribution is 2.24. The van der Waals surface area contributed by atoms with Crippen LogP contribution >= 0.6 is 0 Å². The first-order chi connectivity index (χ1) is 13.2. The predicted molar refractivity (Wildman–Crippen MR) is 94.7 cm³/mol. The van der Waals surface area contributed by atoms with Crippen LogP contribution in [0, 0.1) is 5.82 Å². The molecule has 3 aromatic heterocycles. The first kappa shape index (κ1) is 16.0. The zero-order valence-electron chi connectivity index (χ0n) is 14.2. The number of rotatable bonds is 3. The maximum Gasteiger partial charge on any atom is 0.283 e. The van der Waals surface area contributed by atoms with Crippen LogP contribution in [0.5, 0.6) is 0 Å². The van der Waals surface area contributed by atoms with E-state index in [9.17, 15) is 9.18 Å². The summed E-state index contributed by atoms with van der Waals surface area (Å²) in [5.41, 5.74) is 2.11. The Hall–Kier alpha value is -3.20. The fraction of sp³-hybridized carbons (Fsp3) is 0.278. The van der Waals surface area contributed by atoms with Gasteiger partial charge < -0.3 is 4.74 Å². The van der Waals surface area contributed by atoms with Gasteiger partial charge in [0, 0.05) is 12.2 Å². The minimum absolute atomic E-state index is 0.0217. The lowest BCUT2D eigenvalue weighted by molar-refractivity contribution is 0.0960. The monoisotopic (exact) mass is 366 g/mol. The molecule has 4 heterocycles. The minimum atomic E-state index is -0.319. The Bertz CT molecular complexity index is 1190. The van der Waals surface area contributed by atoms with Crippen LogP contribution in [0.25, 0.3) is 27.9 Å². The molecule has 1 saturated heterocycles. The van der Waals surface area contributed by atoms with Gasteiger partial charge in [0.25, 0.3) is 5.56 Å². The summed E-state index contributed by atoms with van der Waals surface area (Å²) < 4.78 is 21.7. The molecule has 27 heavy (non-hydrogen) atoms. The Morgan fingerprint density at radius 2 is 2.04 bits per heavy atom. The molecule has 0 saturated carbocycles. The number of benzene rings is 1. The van der Waals surface area contributed by atoms with Crippen molar-refractivity contribution in [2.75, 3.05) is 6.61 Å². The molecular weight excluding hydrogens is 351 g/mol. The molecule has 0 aliphatic carbocycles. The van der Waals surface area contributed by atoms with Crippen LogP contribution in [-0.2, 0) is 11.3 Å². The third-order valence-electron chi connectivity index (χ3n) is 4.76. The Labute approximate surface area is 152 Å². The van der Waals surface area contributed by atoms with Crippen LogP contribution in [0.15, 0.2) is 41.6 Å². The van der Waals surface area contributed by atoms with Gasteiger partial charge in [-0.05, 0) is 30.5 Å². The van der Waals surface area contributed by atoms with Crippen LogP contribution in [0.2, 0.25) is 0 Å². The normalized spacial score (nSPS) is 17.1. The van der Waals surface area contributed by atoms with E-state index < -0.39 is 0 Å². The summed E-state index contributed by atoms with van der Waals surface area (Å²) in [6, 6.07) is 6.03. The smallest absolute Gasteiger partial charge is 0.283 e. The lowest BCUT2D eigenvalue weighted by Crippen LogP contribution is -2.28. The van der Waals surface area contributed by atoms with Gasteiger partial charge in [-0.25, -0.2) is 9.37 Å². The molecule has 136 valence electrons. The summed E-state index contributed by atoms with van der Waals surface area (Å²) in [5, 5.41) is 12.6. The van der Waals surface area contributed by atoms with Gasteiger partial charge in [0.2, 0.25) is 0 Å². The summed E-state index contributed by atoms with van der Waals surface area (Å²) in [7, 11) is 0. The summed E-state index contributed by atoms with van der Waals surface area (Å²) in [4.78, 5) is 17.1.